The normalized spacial score (nSPS) is 41.8. The Bertz CT molecular complexity index is 469. The van der Waals surface area contributed by atoms with E-state index in [0.717, 1.165) is 0 Å². The summed E-state index contributed by atoms with van der Waals surface area (Å²) >= 11 is 0. The molecule has 1 aliphatic heterocycles. The number of aliphatic hydroxyl groups is 1. The molecule has 1 atom stereocenters. The highest BCUT2D eigenvalue weighted by Crippen LogP contribution is 2.51. The van der Waals surface area contributed by atoms with Gasteiger partial charge in [-0.05, 0) is 32.1 Å². The quantitative estimate of drug-likeness (QED) is 0.803. The maximum absolute atomic E-state index is 12.7. The van der Waals surface area contributed by atoms with Crippen LogP contribution in [0.2, 0.25) is 0 Å². The summed E-state index contributed by atoms with van der Waals surface area (Å²) in [6.45, 7) is -0.0145. The van der Waals surface area contributed by atoms with Crippen molar-refractivity contribution in [3.8, 4) is 0 Å². The second-order valence-electron chi connectivity index (χ2n) is 6.17. The van der Waals surface area contributed by atoms with E-state index in [1.54, 1.807) is 0 Å². The van der Waals surface area contributed by atoms with E-state index in [9.17, 15) is 26.7 Å². The largest absolute Gasteiger partial charge is 0.391 e. The van der Waals surface area contributed by atoms with E-state index in [1.807, 2.05) is 0 Å². The standard InChI is InChI=1S/C12H20F3NO3S/c13-12(14,15)9-1-3-11(17,4-2-9)10(7-16)5-6-20(18,19)8-10/h9,17H,1-8,16H2. The zero-order valence-electron chi connectivity index (χ0n) is 11.1. The van der Waals surface area contributed by atoms with Crippen LogP contribution < -0.4 is 5.73 Å². The number of nitrogens with two attached hydrogens (primary N) is 1. The third kappa shape index (κ3) is 2.69. The molecule has 4 nitrogen and oxygen atoms in total. The fourth-order valence-electron chi connectivity index (χ4n) is 3.59. The predicted octanol–water partition coefficient (Wildman–Crippen LogP) is 1.23. The molecule has 1 unspecified atom stereocenters. The Balaban J connectivity index is 2.17. The number of rotatable bonds is 2. The van der Waals surface area contributed by atoms with Crippen LogP contribution in [0.15, 0.2) is 0 Å². The molecule has 2 fully saturated rings. The van der Waals surface area contributed by atoms with Gasteiger partial charge in [0.2, 0.25) is 0 Å². The average Bonchev–Trinajstić information content (AvgIpc) is 2.66. The highest BCUT2D eigenvalue weighted by Gasteiger charge is 2.57. The van der Waals surface area contributed by atoms with Crippen LogP contribution in [-0.2, 0) is 9.84 Å². The molecule has 0 amide bonds. The summed E-state index contributed by atoms with van der Waals surface area (Å²) < 4.78 is 61.3. The minimum atomic E-state index is -4.25. The molecule has 3 N–H and O–H groups in total. The molecular formula is C12H20F3NO3S. The minimum absolute atomic E-state index is 0.0145. The van der Waals surface area contributed by atoms with E-state index in [1.165, 1.54) is 0 Å². The van der Waals surface area contributed by atoms with Crippen molar-refractivity contribution in [3.63, 3.8) is 0 Å². The molecular weight excluding hydrogens is 295 g/mol. The van der Waals surface area contributed by atoms with Crippen LogP contribution in [-0.4, -0.2) is 43.4 Å². The number of sulfone groups is 1. The molecule has 2 rings (SSSR count). The first kappa shape index (κ1) is 16.0. The molecule has 118 valence electrons. The number of halogens is 3. The lowest BCUT2D eigenvalue weighted by Crippen LogP contribution is -2.56. The molecule has 8 heteroatoms. The summed E-state index contributed by atoms with van der Waals surface area (Å²) in [4.78, 5) is 0. The van der Waals surface area contributed by atoms with E-state index < -0.39 is 32.9 Å². The SMILES string of the molecule is NCC1(C2(O)CCC(C(F)(F)F)CC2)CCS(=O)(=O)C1. The maximum Gasteiger partial charge on any atom is 0.391 e. The third-order valence-corrected chi connectivity index (χ3v) is 6.86. The highest BCUT2D eigenvalue weighted by molar-refractivity contribution is 7.91. The molecule has 1 aliphatic carbocycles. The van der Waals surface area contributed by atoms with E-state index >= 15 is 0 Å². The molecule has 0 aromatic rings. The zero-order valence-corrected chi connectivity index (χ0v) is 11.9. The molecule has 0 aromatic carbocycles. The van der Waals surface area contributed by atoms with Crippen LogP contribution in [0.4, 0.5) is 13.2 Å². The van der Waals surface area contributed by atoms with Crippen molar-refractivity contribution < 1.29 is 26.7 Å². The molecule has 0 bridgehead atoms. The van der Waals surface area contributed by atoms with Crippen LogP contribution >= 0.6 is 0 Å². The summed E-state index contributed by atoms with van der Waals surface area (Å²) in [5.74, 6) is -1.67. The van der Waals surface area contributed by atoms with Crippen LogP contribution in [0.1, 0.15) is 32.1 Å². The smallest absolute Gasteiger partial charge is 0.389 e. The van der Waals surface area contributed by atoms with Gasteiger partial charge >= 0.3 is 6.18 Å². The predicted molar refractivity (Wildman–Crippen MR) is 67.7 cm³/mol. The lowest BCUT2D eigenvalue weighted by Gasteiger charge is -2.48. The molecule has 1 saturated carbocycles. The van der Waals surface area contributed by atoms with Gasteiger partial charge in [0, 0.05) is 12.0 Å². The van der Waals surface area contributed by atoms with Gasteiger partial charge in [-0.3, -0.25) is 0 Å². The van der Waals surface area contributed by atoms with Gasteiger partial charge in [0.05, 0.1) is 23.0 Å². The maximum atomic E-state index is 12.7. The van der Waals surface area contributed by atoms with Gasteiger partial charge in [-0.1, -0.05) is 0 Å². The molecule has 1 heterocycles. The minimum Gasteiger partial charge on any atom is -0.389 e. The van der Waals surface area contributed by atoms with E-state index in [2.05, 4.69) is 0 Å². The zero-order chi connectivity index (χ0) is 15.2. The summed E-state index contributed by atoms with van der Waals surface area (Å²) in [7, 11) is -3.26. The lowest BCUT2D eigenvalue weighted by molar-refractivity contribution is -0.201. The van der Waals surface area contributed by atoms with Gasteiger partial charge in [0.1, 0.15) is 0 Å². The van der Waals surface area contributed by atoms with Gasteiger partial charge in [0.25, 0.3) is 0 Å². The van der Waals surface area contributed by atoms with E-state index in [0.29, 0.717) is 0 Å². The monoisotopic (exact) mass is 315 g/mol. The van der Waals surface area contributed by atoms with Crippen molar-refractivity contribution in [2.45, 2.75) is 43.9 Å². The van der Waals surface area contributed by atoms with Gasteiger partial charge in [-0.2, -0.15) is 13.2 Å². The first-order valence-corrected chi connectivity index (χ1v) is 8.55. The Labute approximate surface area is 116 Å². The molecule has 20 heavy (non-hydrogen) atoms. The Morgan fingerprint density at radius 2 is 1.75 bits per heavy atom. The Kier molecular flexibility index (Phi) is 3.88. The highest BCUT2D eigenvalue weighted by atomic mass is 32.2. The van der Waals surface area contributed by atoms with E-state index in [-0.39, 0.29) is 50.2 Å². The fourth-order valence-corrected chi connectivity index (χ4v) is 5.81. The Hall–Kier alpha value is -0.340. The molecule has 0 spiro atoms. The van der Waals surface area contributed by atoms with Crippen LogP contribution in [0.3, 0.4) is 0 Å². The molecule has 2 aliphatic rings. The van der Waals surface area contributed by atoms with Crippen LogP contribution in [0.25, 0.3) is 0 Å². The topological polar surface area (TPSA) is 80.4 Å². The van der Waals surface area contributed by atoms with Crippen LogP contribution in [0.5, 0.6) is 0 Å². The van der Waals surface area contributed by atoms with Crippen LogP contribution in [0, 0.1) is 11.3 Å². The first-order valence-electron chi connectivity index (χ1n) is 6.73. The second-order valence-corrected chi connectivity index (χ2v) is 8.36. The van der Waals surface area contributed by atoms with Gasteiger partial charge in [0.15, 0.2) is 9.84 Å². The lowest BCUT2D eigenvalue weighted by atomic mass is 9.63. The van der Waals surface area contributed by atoms with Crippen molar-refractivity contribution in [3.05, 3.63) is 0 Å². The van der Waals surface area contributed by atoms with Crippen molar-refractivity contribution in [2.75, 3.05) is 18.1 Å². The average molecular weight is 315 g/mol. The summed E-state index contributed by atoms with van der Waals surface area (Å²) in [6, 6.07) is 0. The summed E-state index contributed by atoms with van der Waals surface area (Å²) in [5, 5.41) is 10.7. The summed E-state index contributed by atoms with van der Waals surface area (Å²) in [6.07, 6.45) is -4.42. The number of hydrogen-bond acceptors (Lipinski definition) is 4. The summed E-state index contributed by atoms with van der Waals surface area (Å²) in [5.41, 5.74) is 3.30. The number of hydrogen-bond donors (Lipinski definition) is 2. The van der Waals surface area contributed by atoms with Gasteiger partial charge in [-0.25, -0.2) is 8.42 Å². The molecule has 0 radical (unpaired) electrons. The van der Waals surface area contributed by atoms with Gasteiger partial charge in [-0.15, -0.1) is 0 Å². The Morgan fingerprint density at radius 1 is 1.20 bits per heavy atom. The van der Waals surface area contributed by atoms with Crippen molar-refractivity contribution in [2.24, 2.45) is 17.1 Å². The van der Waals surface area contributed by atoms with Crippen molar-refractivity contribution in [1.29, 1.82) is 0 Å². The van der Waals surface area contributed by atoms with Gasteiger partial charge < -0.3 is 10.8 Å². The second kappa shape index (κ2) is 4.84. The first-order chi connectivity index (χ1) is 9.04. The number of alkyl halides is 3. The van der Waals surface area contributed by atoms with Crippen molar-refractivity contribution >= 4 is 9.84 Å². The van der Waals surface area contributed by atoms with E-state index in [4.69, 9.17) is 5.73 Å². The van der Waals surface area contributed by atoms with Crippen molar-refractivity contribution in [1.82, 2.24) is 0 Å². The third-order valence-electron chi connectivity index (χ3n) is 5.04. The molecule has 1 saturated heterocycles. The molecule has 0 aromatic heterocycles. The Morgan fingerprint density at radius 3 is 2.10 bits per heavy atom. The fraction of sp³-hybridized carbons (Fsp3) is 1.00.